The number of halogens is 1. The van der Waals surface area contributed by atoms with E-state index in [1.54, 1.807) is 6.20 Å². The number of carbonyl (C=O) groups is 1. The molecule has 0 aliphatic rings. The molecule has 2 rings (SSSR count). The topological polar surface area (TPSA) is 32.9 Å². The molecule has 0 amide bonds. The monoisotopic (exact) mass is 291 g/mol. The number of ketones is 1. The minimum Gasteiger partial charge on any atom is -0.360 e. The third-order valence-corrected chi connectivity index (χ3v) is 3.67. The fourth-order valence-electron chi connectivity index (χ4n) is 2.87. The van der Waals surface area contributed by atoms with Crippen LogP contribution in [0.5, 0.6) is 0 Å². The Labute approximate surface area is 125 Å². The number of benzene rings is 1. The molecule has 3 heteroatoms. The van der Waals surface area contributed by atoms with Crippen LogP contribution in [-0.4, -0.2) is 10.8 Å². The average Bonchev–Trinajstić information content (AvgIpc) is 2.68. The predicted molar refractivity (Wildman–Crippen MR) is 85.5 cm³/mol. The first-order chi connectivity index (χ1) is 9.26. The second kappa shape index (κ2) is 5.61. The lowest BCUT2D eigenvalue weighted by Crippen LogP contribution is -2.14. The molecule has 1 unspecified atom stereocenters. The molecule has 2 nitrogen and oxygen atoms in total. The summed E-state index contributed by atoms with van der Waals surface area (Å²) in [5.41, 5.74) is 1.95. The van der Waals surface area contributed by atoms with Crippen molar-refractivity contribution in [1.82, 2.24) is 4.98 Å². The van der Waals surface area contributed by atoms with Crippen LogP contribution in [0.4, 0.5) is 0 Å². The van der Waals surface area contributed by atoms with Gasteiger partial charge in [-0.15, -0.1) is 0 Å². The van der Waals surface area contributed by atoms with Gasteiger partial charge in [0, 0.05) is 34.1 Å². The Balaban J connectivity index is 2.16. The van der Waals surface area contributed by atoms with Gasteiger partial charge in [-0.1, -0.05) is 45.4 Å². The molecule has 0 spiro atoms. The van der Waals surface area contributed by atoms with Gasteiger partial charge in [-0.25, -0.2) is 0 Å². The first-order valence-corrected chi connectivity index (χ1v) is 7.44. The summed E-state index contributed by atoms with van der Waals surface area (Å²) in [6.07, 6.45) is 3.44. The van der Waals surface area contributed by atoms with E-state index in [0.29, 0.717) is 17.4 Å². The Kier molecular flexibility index (Phi) is 4.24. The number of hydrogen-bond acceptors (Lipinski definition) is 1. The number of H-pyrrole nitrogens is 1. The van der Waals surface area contributed by atoms with Crippen molar-refractivity contribution in [2.75, 3.05) is 0 Å². The zero-order valence-electron chi connectivity index (χ0n) is 12.6. The molecule has 1 aromatic heterocycles. The number of fused-ring (bicyclic) bond motifs is 1. The van der Waals surface area contributed by atoms with Crippen LogP contribution in [0.2, 0.25) is 5.02 Å². The number of aromatic amines is 1. The number of hydrogen-bond donors (Lipinski definition) is 1. The third-order valence-electron chi connectivity index (χ3n) is 3.44. The second-order valence-electron chi connectivity index (χ2n) is 6.89. The second-order valence-corrected chi connectivity index (χ2v) is 7.33. The Hall–Kier alpha value is -1.28. The van der Waals surface area contributed by atoms with Gasteiger partial charge in [-0.05, 0) is 29.9 Å². The molecule has 0 saturated heterocycles. The highest BCUT2D eigenvalue weighted by Gasteiger charge is 2.20. The van der Waals surface area contributed by atoms with Crippen LogP contribution in [0, 0.1) is 11.3 Å². The average molecular weight is 292 g/mol. The van der Waals surface area contributed by atoms with Crippen molar-refractivity contribution < 1.29 is 4.79 Å². The molecule has 0 bridgehead atoms. The van der Waals surface area contributed by atoms with Gasteiger partial charge in [-0.2, -0.15) is 0 Å². The molecule has 0 saturated carbocycles. The Morgan fingerprint density at radius 2 is 2.05 bits per heavy atom. The number of Topliss-reactive ketones (excluding diaryl/α,β-unsaturated/α-hetero) is 1. The van der Waals surface area contributed by atoms with Crippen LogP contribution in [0.25, 0.3) is 10.9 Å². The number of nitrogens with one attached hydrogen (secondary N) is 1. The van der Waals surface area contributed by atoms with E-state index in [1.807, 2.05) is 18.2 Å². The van der Waals surface area contributed by atoms with E-state index >= 15 is 0 Å². The number of aromatic nitrogens is 1. The van der Waals surface area contributed by atoms with E-state index in [2.05, 4.69) is 32.7 Å². The van der Waals surface area contributed by atoms with E-state index in [1.165, 1.54) is 0 Å². The quantitative estimate of drug-likeness (QED) is 0.745. The minimum atomic E-state index is 0.204. The van der Waals surface area contributed by atoms with Crippen LogP contribution in [0.1, 0.15) is 50.9 Å². The number of rotatable bonds is 4. The van der Waals surface area contributed by atoms with E-state index in [9.17, 15) is 4.79 Å². The van der Waals surface area contributed by atoms with Gasteiger partial charge < -0.3 is 4.98 Å². The largest absolute Gasteiger partial charge is 0.360 e. The number of carbonyl (C=O) groups excluding carboxylic acids is 1. The third kappa shape index (κ3) is 3.63. The molecule has 20 heavy (non-hydrogen) atoms. The first kappa shape index (κ1) is 15.1. The van der Waals surface area contributed by atoms with Gasteiger partial charge in [0.25, 0.3) is 0 Å². The first-order valence-electron chi connectivity index (χ1n) is 7.06. The van der Waals surface area contributed by atoms with Crippen LogP contribution < -0.4 is 0 Å². The summed E-state index contributed by atoms with van der Waals surface area (Å²) in [6, 6.07) is 5.59. The minimum absolute atomic E-state index is 0.204. The van der Waals surface area contributed by atoms with Gasteiger partial charge in [0.1, 0.15) is 0 Å². The lowest BCUT2D eigenvalue weighted by molar-refractivity contribution is 0.0956. The van der Waals surface area contributed by atoms with Crippen LogP contribution >= 0.6 is 11.6 Å². The van der Waals surface area contributed by atoms with Crippen LogP contribution in [0.3, 0.4) is 0 Å². The van der Waals surface area contributed by atoms with Crippen molar-refractivity contribution in [2.24, 2.45) is 11.3 Å². The maximum Gasteiger partial charge on any atom is 0.165 e. The highest BCUT2D eigenvalue weighted by Crippen LogP contribution is 2.28. The van der Waals surface area contributed by atoms with E-state index in [4.69, 9.17) is 11.6 Å². The van der Waals surface area contributed by atoms with Gasteiger partial charge in [0.05, 0.1) is 0 Å². The molecule has 1 atom stereocenters. The zero-order chi connectivity index (χ0) is 14.9. The summed E-state index contributed by atoms with van der Waals surface area (Å²) in [5.74, 6) is 0.593. The molecule has 1 aromatic carbocycles. The highest BCUT2D eigenvalue weighted by molar-refractivity contribution is 6.31. The standard InChI is InChI=1S/C17H22ClNO/c1-11(9-17(2,3)4)7-16(20)14-10-19-15-8-12(18)5-6-13(14)15/h5-6,8,10-11,19H,7,9H2,1-4H3. The Morgan fingerprint density at radius 1 is 1.35 bits per heavy atom. The van der Waals surface area contributed by atoms with Crippen molar-refractivity contribution >= 4 is 28.3 Å². The molecular weight excluding hydrogens is 270 g/mol. The predicted octanol–water partition coefficient (Wildman–Crippen LogP) is 5.47. The van der Waals surface area contributed by atoms with Crippen LogP contribution in [0.15, 0.2) is 24.4 Å². The Bertz CT molecular complexity index is 621. The van der Waals surface area contributed by atoms with Gasteiger partial charge >= 0.3 is 0 Å². The fourth-order valence-corrected chi connectivity index (χ4v) is 3.05. The maximum atomic E-state index is 12.4. The summed E-state index contributed by atoms with van der Waals surface area (Å²) >= 11 is 5.96. The van der Waals surface area contributed by atoms with Crippen molar-refractivity contribution in [3.63, 3.8) is 0 Å². The summed E-state index contributed by atoms with van der Waals surface area (Å²) in [5, 5.41) is 1.64. The molecule has 108 valence electrons. The van der Waals surface area contributed by atoms with Gasteiger partial charge in [0.15, 0.2) is 5.78 Å². The maximum absolute atomic E-state index is 12.4. The summed E-state index contributed by atoms with van der Waals surface area (Å²) < 4.78 is 0. The molecular formula is C17H22ClNO. The molecule has 1 heterocycles. The summed E-state index contributed by atoms with van der Waals surface area (Å²) in [4.78, 5) is 15.6. The molecule has 1 N–H and O–H groups in total. The van der Waals surface area contributed by atoms with Crippen molar-refractivity contribution in [2.45, 2.75) is 40.5 Å². The fraction of sp³-hybridized carbons (Fsp3) is 0.471. The van der Waals surface area contributed by atoms with Gasteiger partial charge in [-0.3, -0.25) is 4.79 Å². The zero-order valence-corrected chi connectivity index (χ0v) is 13.3. The lowest BCUT2D eigenvalue weighted by atomic mass is 9.83. The van der Waals surface area contributed by atoms with E-state index in [-0.39, 0.29) is 11.2 Å². The summed E-state index contributed by atoms with van der Waals surface area (Å²) in [6.45, 7) is 8.78. The van der Waals surface area contributed by atoms with Crippen molar-refractivity contribution in [3.05, 3.63) is 35.0 Å². The van der Waals surface area contributed by atoms with E-state index < -0.39 is 0 Å². The van der Waals surface area contributed by atoms with Crippen molar-refractivity contribution in [3.8, 4) is 0 Å². The van der Waals surface area contributed by atoms with Gasteiger partial charge in [0.2, 0.25) is 0 Å². The normalized spacial score (nSPS) is 13.7. The lowest BCUT2D eigenvalue weighted by Gasteiger charge is -2.22. The molecule has 0 aliphatic carbocycles. The SMILES string of the molecule is CC(CC(=O)c1c[nH]c2cc(Cl)ccc12)CC(C)(C)C. The van der Waals surface area contributed by atoms with Crippen LogP contribution in [-0.2, 0) is 0 Å². The molecule has 0 fully saturated rings. The molecule has 0 aliphatic heterocycles. The highest BCUT2D eigenvalue weighted by atomic mass is 35.5. The van der Waals surface area contributed by atoms with Crippen molar-refractivity contribution in [1.29, 1.82) is 0 Å². The molecule has 2 aromatic rings. The smallest absolute Gasteiger partial charge is 0.165 e. The van der Waals surface area contributed by atoms with E-state index in [0.717, 1.165) is 22.9 Å². The summed E-state index contributed by atoms with van der Waals surface area (Å²) in [7, 11) is 0. The molecule has 0 radical (unpaired) electrons. The Morgan fingerprint density at radius 3 is 2.70 bits per heavy atom.